The quantitative estimate of drug-likeness (QED) is 0.433. The molecule has 0 radical (unpaired) electrons. The van der Waals surface area contributed by atoms with Crippen molar-refractivity contribution in [3.8, 4) is 23.0 Å². The molecule has 0 amide bonds. The predicted octanol–water partition coefficient (Wildman–Crippen LogP) is 5.82. The van der Waals surface area contributed by atoms with E-state index >= 15 is 0 Å². The van der Waals surface area contributed by atoms with Crippen LogP contribution >= 0.6 is 11.8 Å². The molecule has 0 spiro atoms. The summed E-state index contributed by atoms with van der Waals surface area (Å²) in [4.78, 5) is 14.4. The Morgan fingerprint density at radius 1 is 1.06 bits per heavy atom. The van der Waals surface area contributed by atoms with Crippen molar-refractivity contribution in [3.05, 3.63) is 75.9 Å². The maximum atomic E-state index is 13.3. The van der Waals surface area contributed by atoms with Crippen molar-refractivity contribution < 1.29 is 18.6 Å². The van der Waals surface area contributed by atoms with Crippen LogP contribution in [0.25, 0.3) is 11.3 Å². The van der Waals surface area contributed by atoms with Crippen molar-refractivity contribution in [1.29, 1.82) is 0 Å². The van der Waals surface area contributed by atoms with Gasteiger partial charge in [0.2, 0.25) is 17.5 Å². The van der Waals surface area contributed by atoms with Gasteiger partial charge in [-0.05, 0) is 55.9 Å². The molecule has 0 aliphatic carbocycles. The summed E-state index contributed by atoms with van der Waals surface area (Å²) in [6.45, 7) is 2.61. The van der Waals surface area contributed by atoms with Gasteiger partial charge in [0.05, 0.1) is 12.2 Å². The zero-order chi connectivity index (χ0) is 21.6. The fraction of sp³-hybridized carbons (Fsp3) is 0.320. The van der Waals surface area contributed by atoms with Crippen LogP contribution in [0.3, 0.4) is 0 Å². The van der Waals surface area contributed by atoms with E-state index in [0.29, 0.717) is 17.9 Å². The minimum absolute atomic E-state index is 0.188. The topological polar surface area (TPSA) is 57.9 Å². The third-order valence-corrected chi connectivity index (χ3v) is 5.95. The van der Waals surface area contributed by atoms with E-state index < -0.39 is 6.29 Å². The van der Waals surface area contributed by atoms with Crippen LogP contribution in [0, 0.1) is 6.92 Å². The molecule has 1 fully saturated rings. The largest absolute Gasteiger partial charge is 0.481 e. The van der Waals surface area contributed by atoms with Gasteiger partial charge in [0.25, 0.3) is 5.95 Å². The van der Waals surface area contributed by atoms with E-state index in [1.165, 1.54) is 0 Å². The molecule has 0 saturated carbocycles. The maximum absolute atomic E-state index is 13.3. The van der Waals surface area contributed by atoms with E-state index in [1.807, 2.05) is 60.9 Å². The van der Waals surface area contributed by atoms with Crippen LogP contribution in [-0.2, 0) is 11.3 Å². The Balaban J connectivity index is 1.72. The van der Waals surface area contributed by atoms with E-state index in [2.05, 4.69) is 0 Å². The second-order valence-corrected chi connectivity index (χ2v) is 8.30. The second-order valence-electron chi connectivity index (χ2n) is 7.42. The first-order chi connectivity index (χ1) is 15.2. The summed E-state index contributed by atoms with van der Waals surface area (Å²) in [5.74, 6) is 0.744. The van der Waals surface area contributed by atoms with E-state index in [4.69, 9.17) is 18.6 Å². The highest BCUT2D eigenvalue weighted by Gasteiger charge is 2.24. The molecule has 2 aromatic carbocycles. The second kappa shape index (κ2) is 10.1. The minimum atomic E-state index is -0.404. The summed E-state index contributed by atoms with van der Waals surface area (Å²) in [6.07, 6.45) is 4.43. The van der Waals surface area contributed by atoms with Gasteiger partial charge in [0, 0.05) is 16.9 Å². The molecular formula is C25H26O5S. The summed E-state index contributed by atoms with van der Waals surface area (Å²) in [7, 11) is 0. The Labute approximate surface area is 186 Å². The smallest absolute Gasteiger partial charge is 0.294 e. The van der Waals surface area contributed by atoms with E-state index in [1.54, 1.807) is 18.7 Å². The van der Waals surface area contributed by atoms with Crippen LogP contribution in [0.4, 0.5) is 0 Å². The lowest BCUT2D eigenvalue weighted by Gasteiger charge is -2.23. The lowest BCUT2D eigenvalue weighted by molar-refractivity contribution is -0.115. The van der Waals surface area contributed by atoms with Gasteiger partial charge >= 0.3 is 0 Å². The molecule has 1 saturated heterocycles. The molecule has 1 aliphatic rings. The minimum Gasteiger partial charge on any atom is -0.481 e. The first kappa shape index (κ1) is 21.5. The lowest BCUT2D eigenvalue weighted by atomic mass is 10.1. The van der Waals surface area contributed by atoms with Crippen molar-refractivity contribution in [2.75, 3.05) is 12.9 Å². The summed E-state index contributed by atoms with van der Waals surface area (Å²) in [6, 6.07) is 17.6. The highest BCUT2D eigenvalue weighted by Crippen LogP contribution is 2.35. The van der Waals surface area contributed by atoms with E-state index in [9.17, 15) is 4.79 Å². The first-order valence-corrected chi connectivity index (χ1v) is 11.7. The van der Waals surface area contributed by atoms with Crippen LogP contribution in [0.5, 0.6) is 11.7 Å². The number of rotatable bonds is 7. The molecule has 162 valence electrons. The van der Waals surface area contributed by atoms with Crippen LogP contribution in [0.2, 0.25) is 0 Å². The Bertz CT molecular complexity index is 1050. The molecule has 0 bridgehead atoms. The van der Waals surface area contributed by atoms with Gasteiger partial charge in [0.15, 0.2) is 5.76 Å². The molecule has 3 aromatic rings. The van der Waals surface area contributed by atoms with Gasteiger partial charge in [-0.2, -0.15) is 0 Å². The van der Waals surface area contributed by atoms with Crippen molar-refractivity contribution in [3.63, 3.8) is 0 Å². The zero-order valence-electron chi connectivity index (χ0n) is 17.8. The number of ether oxygens (including phenoxy) is 3. The average molecular weight is 439 g/mol. The summed E-state index contributed by atoms with van der Waals surface area (Å²) in [5.41, 5.74) is 1.87. The fourth-order valence-electron chi connectivity index (χ4n) is 3.41. The van der Waals surface area contributed by atoms with Crippen molar-refractivity contribution in [1.82, 2.24) is 0 Å². The zero-order valence-corrected chi connectivity index (χ0v) is 18.6. The van der Waals surface area contributed by atoms with Crippen LogP contribution in [0.1, 0.15) is 30.4 Å². The first-order valence-electron chi connectivity index (χ1n) is 10.4. The predicted molar refractivity (Wildman–Crippen MR) is 122 cm³/mol. The highest BCUT2D eigenvalue weighted by molar-refractivity contribution is 7.98. The molecule has 1 aromatic heterocycles. The summed E-state index contributed by atoms with van der Waals surface area (Å²) >= 11 is 1.65. The molecule has 1 atom stereocenters. The van der Waals surface area contributed by atoms with Crippen molar-refractivity contribution in [2.24, 2.45) is 0 Å². The lowest BCUT2D eigenvalue weighted by Crippen LogP contribution is -2.26. The van der Waals surface area contributed by atoms with Gasteiger partial charge in [0.1, 0.15) is 6.61 Å². The molecule has 4 rings (SSSR count). The Hall–Kier alpha value is -2.70. The third kappa shape index (κ3) is 5.14. The molecule has 5 nitrogen and oxygen atoms in total. The normalized spacial score (nSPS) is 16.1. The van der Waals surface area contributed by atoms with Gasteiger partial charge in [-0.3, -0.25) is 4.79 Å². The SMILES string of the molecule is CSc1ccc(-c2oc(OC3CCCCO3)c(C)c(=O)c2OCc2ccccc2)cc1. The van der Waals surface area contributed by atoms with Crippen molar-refractivity contribution >= 4 is 11.8 Å². The standard InChI is InChI=1S/C25H26O5S/c1-17-22(26)24(28-16-18-8-4-3-5-9-18)23(19-11-13-20(31-2)14-12-19)30-25(17)29-21-10-6-7-15-27-21/h3-5,8-9,11-14,21H,6-7,10,15-16H2,1-2H3. The molecule has 1 unspecified atom stereocenters. The highest BCUT2D eigenvalue weighted by atomic mass is 32.2. The van der Waals surface area contributed by atoms with Gasteiger partial charge in [-0.25, -0.2) is 0 Å². The molecule has 0 N–H and O–H groups in total. The van der Waals surface area contributed by atoms with Gasteiger partial charge in [-0.1, -0.05) is 30.3 Å². The van der Waals surface area contributed by atoms with E-state index in [-0.39, 0.29) is 23.7 Å². The van der Waals surface area contributed by atoms with Gasteiger partial charge < -0.3 is 18.6 Å². The molecular weight excluding hydrogens is 412 g/mol. The maximum Gasteiger partial charge on any atom is 0.294 e. The summed E-state index contributed by atoms with van der Waals surface area (Å²) in [5, 5.41) is 0. The monoisotopic (exact) mass is 438 g/mol. The van der Waals surface area contributed by atoms with Crippen molar-refractivity contribution in [2.45, 2.75) is 44.0 Å². The summed E-state index contributed by atoms with van der Waals surface area (Å²) < 4.78 is 23.7. The number of benzene rings is 2. The molecule has 2 heterocycles. The average Bonchev–Trinajstić information content (AvgIpc) is 2.83. The van der Waals surface area contributed by atoms with Crippen LogP contribution in [-0.4, -0.2) is 19.2 Å². The number of hydrogen-bond acceptors (Lipinski definition) is 6. The Morgan fingerprint density at radius 3 is 2.52 bits per heavy atom. The van der Waals surface area contributed by atoms with E-state index in [0.717, 1.165) is 35.3 Å². The van der Waals surface area contributed by atoms with Gasteiger partial charge in [-0.15, -0.1) is 11.8 Å². The fourth-order valence-corrected chi connectivity index (χ4v) is 3.82. The Kier molecular flexibility index (Phi) is 6.99. The third-order valence-electron chi connectivity index (χ3n) is 5.21. The molecule has 1 aliphatic heterocycles. The van der Waals surface area contributed by atoms with Crippen LogP contribution in [0.15, 0.2) is 68.7 Å². The number of hydrogen-bond donors (Lipinski definition) is 0. The Morgan fingerprint density at radius 2 is 1.84 bits per heavy atom. The van der Waals surface area contributed by atoms with Crippen LogP contribution < -0.4 is 14.9 Å². The molecule has 31 heavy (non-hydrogen) atoms. The number of thioether (sulfide) groups is 1. The molecule has 6 heteroatoms.